The van der Waals surface area contributed by atoms with E-state index in [1.54, 1.807) is 0 Å². The molecule has 0 aliphatic carbocycles. The quantitative estimate of drug-likeness (QED) is 0.350. The van der Waals surface area contributed by atoms with Crippen LogP contribution >= 0.6 is 0 Å². The summed E-state index contributed by atoms with van der Waals surface area (Å²) in [7, 11) is -1.57. The third-order valence-electron chi connectivity index (χ3n) is 4.65. The molecule has 0 unspecified atom stereocenters. The molecule has 0 saturated carbocycles. The van der Waals surface area contributed by atoms with Crippen molar-refractivity contribution in [2.75, 3.05) is 6.61 Å². The van der Waals surface area contributed by atoms with Gasteiger partial charge in [-0.15, -0.1) is 11.5 Å². The van der Waals surface area contributed by atoms with Crippen LogP contribution in [0.15, 0.2) is 30.3 Å². The van der Waals surface area contributed by atoms with Crippen molar-refractivity contribution in [2.24, 2.45) is 0 Å². The molecule has 0 aliphatic rings. The van der Waals surface area contributed by atoms with Gasteiger partial charge in [-0.05, 0) is 22.2 Å². The summed E-state index contributed by atoms with van der Waals surface area (Å²) in [5, 5.41) is 0. The number of rotatable bonds is 7. The highest BCUT2D eigenvalue weighted by molar-refractivity contribution is 6.90. The lowest BCUT2D eigenvalue weighted by molar-refractivity contribution is 0.126. The van der Waals surface area contributed by atoms with E-state index in [1.807, 2.05) is 18.2 Å². The van der Waals surface area contributed by atoms with Gasteiger partial charge in [-0.2, -0.15) is 0 Å². The van der Waals surface area contributed by atoms with Crippen LogP contribution in [-0.2, 0) is 11.3 Å². The number of hydrogen-bond acceptors (Lipinski definition) is 1. The van der Waals surface area contributed by atoms with E-state index in [9.17, 15) is 0 Å². The van der Waals surface area contributed by atoms with Crippen LogP contribution < -0.4 is 0 Å². The molecule has 122 valence electrons. The summed E-state index contributed by atoms with van der Waals surface area (Å²) >= 11 is 0. The first kappa shape index (κ1) is 19.0. The smallest absolute Gasteiger partial charge is 0.145 e. The van der Waals surface area contributed by atoms with Crippen molar-refractivity contribution in [3.05, 3.63) is 35.9 Å². The van der Waals surface area contributed by atoms with Gasteiger partial charge in [0.15, 0.2) is 0 Å². The van der Waals surface area contributed by atoms with Gasteiger partial charge in [0.05, 0.1) is 13.2 Å². The Hall–Kier alpha value is -1.04. The largest absolute Gasteiger partial charge is 0.376 e. The fraction of sp³-hybridized carbons (Fsp3) is 0.600. The molecule has 0 aliphatic heterocycles. The summed E-state index contributed by atoms with van der Waals surface area (Å²) in [4.78, 5) is 0. The van der Waals surface area contributed by atoms with E-state index < -0.39 is 8.07 Å². The SMILES string of the molecule is CC(C)[Si](C#CCCOCc1ccccc1)(C(C)C)C(C)C. The molecule has 1 rings (SSSR count). The molecule has 22 heavy (non-hydrogen) atoms. The van der Waals surface area contributed by atoms with Crippen LogP contribution in [-0.4, -0.2) is 14.7 Å². The van der Waals surface area contributed by atoms with Crippen molar-refractivity contribution >= 4 is 8.07 Å². The lowest BCUT2D eigenvalue weighted by atomic mass is 10.2. The third-order valence-corrected chi connectivity index (χ3v) is 11.0. The van der Waals surface area contributed by atoms with E-state index in [0.29, 0.717) is 23.2 Å². The normalized spacial score (nSPS) is 11.9. The number of ether oxygens (including phenoxy) is 1. The van der Waals surface area contributed by atoms with Gasteiger partial charge < -0.3 is 4.74 Å². The Bertz CT molecular complexity index is 458. The zero-order valence-corrected chi connectivity index (χ0v) is 16.1. The van der Waals surface area contributed by atoms with Gasteiger partial charge in [0, 0.05) is 6.42 Å². The van der Waals surface area contributed by atoms with E-state index in [-0.39, 0.29) is 0 Å². The Balaban J connectivity index is 2.53. The molecule has 0 fully saturated rings. The van der Waals surface area contributed by atoms with Crippen LogP contribution in [0.25, 0.3) is 0 Å². The van der Waals surface area contributed by atoms with Gasteiger partial charge in [0.25, 0.3) is 0 Å². The predicted molar refractivity (Wildman–Crippen MR) is 99.5 cm³/mol. The number of benzene rings is 1. The standard InChI is InChI=1S/C20H32OSi/c1-17(2)22(18(3)4,19(5)6)15-11-10-14-21-16-20-12-8-7-9-13-20/h7-9,12-13,17-19H,10,14,16H2,1-6H3. The maximum absolute atomic E-state index is 5.73. The fourth-order valence-corrected chi connectivity index (χ4v) is 8.83. The maximum atomic E-state index is 5.73. The molecule has 2 heteroatoms. The molecule has 0 N–H and O–H groups in total. The van der Waals surface area contributed by atoms with Crippen LogP contribution in [0.1, 0.15) is 53.5 Å². The zero-order valence-electron chi connectivity index (χ0n) is 15.1. The second-order valence-corrected chi connectivity index (χ2v) is 12.6. The average Bonchev–Trinajstić information content (AvgIpc) is 2.46. The molecular formula is C20H32OSi. The summed E-state index contributed by atoms with van der Waals surface area (Å²) in [5.41, 5.74) is 7.06. The lowest BCUT2D eigenvalue weighted by Gasteiger charge is -2.38. The lowest BCUT2D eigenvalue weighted by Crippen LogP contribution is -2.43. The van der Waals surface area contributed by atoms with Crippen LogP contribution in [0, 0.1) is 11.5 Å². The van der Waals surface area contributed by atoms with Crippen molar-refractivity contribution in [3.63, 3.8) is 0 Å². The molecule has 1 aromatic carbocycles. The van der Waals surface area contributed by atoms with E-state index in [0.717, 1.165) is 13.0 Å². The molecule has 0 atom stereocenters. The minimum Gasteiger partial charge on any atom is -0.376 e. The van der Waals surface area contributed by atoms with Gasteiger partial charge in [-0.3, -0.25) is 0 Å². The van der Waals surface area contributed by atoms with Gasteiger partial charge >= 0.3 is 0 Å². The van der Waals surface area contributed by atoms with Crippen molar-refractivity contribution in [1.29, 1.82) is 0 Å². The molecule has 0 heterocycles. The zero-order chi connectivity index (χ0) is 16.6. The van der Waals surface area contributed by atoms with Crippen molar-refractivity contribution in [2.45, 2.75) is 71.2 Å². The molecule has 0 amide bonds. The van der Waals surface area contributed by atoms with Gasteiger partial charge in [-0.25, -0.2) is 0 Å². The predicted octanol–water partition coefficient (Wildman–Crippen LogP) is 5.81. The Kier molecular flexibility index (Phi) is 7.93. The highest BCUT2D eigenvalue weighted by Gasteiger charge is 2.41. The Morgan fingerprint density at radius 3 is 1.95 bits per heavy atom. The fourth-order valence-electron chi connectivity index (χ4n) is 3.54. The summed E-state index contributed by atoms with van der Waals surface area (Å²) < 4.78 is 5.73. The van der Waals surface area contributed by atoms with E-state index in [4.69, 9.17) is 4.74 Å². The number of hydrogen-bond donors (Lipinski definition) is 0. The molecule has 0 saturated heterocycles. The molecular weight excluding hydrogens is 284 g/mol. The Morgan fingerprint density at radius 2 is 1.45 bits per heavy atom. The van der Waals surface area contributed by atoms with E-state index in [2.05, 4.69) is 65.1 Å². The second kappa shape index (κ2) is 9.18. The monoisotopic (exact) mass is 316 g/mol. The van der Waals surface area contributed by atoms with Crippen molar-refractivity contribution < 1.29 is 4.74 Å². The van der Waals surface area contributed by atoms with Crippen molar-refractivity contribution in [3.8, 4) is 11.5 Å². The third kappa shape index (κ3) is 5.00. The molecule has 1 nitrogen and oxygen atoms in total. The molecule has 0 bridgehead atoms. The molecule has 0 aromatic heterocycles. The molecule has 0 spiro atoms. The molecule has 0 radical (unpaired) electrons. The summed E-state index contributed by atoms with van der Waals surface area (Å²) in [6.45, 7) is 15.5. The summed E-state index contributed by atoms with van der Waals surface area (Å²) in [6, 6.07) is 10.3. The van der Waals surface area contributed by atoms with Crippen molar-refractivity contribution in [1.82, 2.24) is 0 Å². The summed E-state index contributed by atoms with van der Waals surface area (Å²) in [6.07, 6.45) is 0.841. The van der Waals surface area contributed by atoms with Crippen LogP contribution in [0.4, 0.5) is 0 Å². The van der Waals surface area contributed by atoms with Crippen LogP contribution in [0.3, 0.4) is 0 Å². The first-order valence-electron chi connectivity index (χ1n) is 8.53. The van der Waals surface area contributed by atoms with Gasteiger partial charge in [-0.1, -0.05) is 71.9 Å². The van der Waals surface area contributed by atoms with Crippen LogP contribution in [0.2, 0.25) is 16.6 Å². The average molecular weight is 317 g/mol. The first-order chi connectivity index (χ1) is 10.4. The van der Waals surface area contributed by atoms with E-state index >= 15 is 0 Å². The second-order valence-electron chi connectivity index (χ2n) is 6.99. The van der Waals surface area contributed by atoms with Gasteiger partial charge in [0.2, 0.25) is 0 Å². The van der Waals surface area contributed by atoms with E-state index in [1.165, 1.54) is 5.56 Å². The minimum atomic E-state index is -1.57. The maximum Gasteiger partial charge on any atom is 0.145 e. The minimum absolute atomic E-state index is 0.684. The van der Waals surface area contributed by atoms with Gasteiger partial charge in [0.1, 0.15) is 8.07 Å². The molecule has 1 aromatic rings. The Labute approximate surface area is 138 Å². The first-order valence-corrected chi connectivity index (χ1v) is 10.8. The topological polar surface area (TPSA) is 9.23 Å². The van der Waals surface area contributed by atoms with Crippen LogP contribution in [0.5, 0.6) is 0 Å². The summed E-state index contributed by atoms with van der Waals surface area (Å²) in [5.74, 6) is 3.44. The highest BCUT2D eigenvalue weighted by Crippen LogP contribution is 2.40. The highest BCUT2D eigenvalue weighted by atomic mass is 28.3. The Morgan fingerprint density at radius 1 is 0.909 bits per heavy atom.